The molecule has 0 fully saturated rings. The van der Waals surface area contributed by atoms with Crippen molar-refractivity contribution in [3.8, 4) is 0 Å². The third-order valence-electron chi connectivity index (χ3n) is 2.90. The maximum absolute atomic E-state index is 11.2. The molecule has 0 saturated heterocycles. The second-order valence-corrected chi connectivity index (χ2v) is 5.33. The Morgan fingerprint density at radius 3 is 2.95 bits per heavy atom. The minimum absolute atomic E-state index is 0.541. The zero-order valence-corrected chi connectivity index (χ0v) is 12.3. The molecule has 108 valence electrons. The molecule has 0 unspecified atom stereocenters. The van der Waals surface area contributed by atoms with Crippen LogP contribution in [-0.4, -0.2) is 32.4 Å². The first-order chi connectivity index (χ1) is 10.2. The number of aryl methyl sites for hydroxylation is 1. The summed E-state index contributed by atoms with van der Waals surface area (Å²) in [6.45, 7) is 0. The Labute approximate surface area is 124 Å². The molecule has 2 aromatic heterocycles. The number of carbonyl (C=O) groups is 1. The number of ether oxygens (including phenoxy) is 1. The summed E-state index contributed by atoms with van der Waals surface area (Å²) in [4.78, 5) is 20.8. The lowest BCUT2D eigenvalue weighted by atomic mass is 10.3. The van der Waals surface area contributed by atoms with Gasteiger partial charge in [-0.2, -0.15) is 0 Å². The zero-order chi connectivity index (χ0) is 14.8. The van der Waals surface area contributed by atoms with E-state index in [-0.39, 0.29) is 0 Å². The Kier molecular flexibility index (Phi) is 3.53. The van der Waals surface area contributed by atoms with E-state index in [9.17, 15) is 4.79 Å². The minimum Gasteiger partial charge on any atom is -0.452 e. The number of nitrogens with one attached hydrogen (secondary N) is 1. The van der Waals surface area contributed by atoms with E-state index in [1.165, 1.54) is 18.1 Å². The number of aromatic nitrogens is 4. The van der Waals surface area contributed by atoms with Crippen molar-refractivity contribution in [2.24, 2.45) is 7.05 Å². The highest BCUT2D eigenvalue weighted by Crippen LogP contribution is 2.28. The summed E-state index contributed by atoms with van der Waals surface area (Å²) in [6, 6.07) is 5.80. The van der Waals surface area contributed by atoms with Gasteiger partial charge in [-0.15, -0.1) is 0 Å². The van der Waals surface area contributed by atoms with Gasteiger partial charge in [0.15, 0.2) is 5.16 Å². The van der Waals surface area contributed by atoms with E-state index >= 15 is 0 Å². The van der Waals surface area contributed by atoms with E-state index in [2.05, 4.69) is 20.1 Å². The van der Waals surface area contributed by atoms with Crippen molar-refractivity contribution in [3.63, 3.8) is 0 Å². The average Bonchev–Trinajstić information content (AvgIpc) is 3.06. The third-order valence-corrected chi connectivity index (χ3v) is 3.97. The number of amides is 1. The molecule has 0 saturated carbocycles. The van der Waals surface area contributed by atoms with Gasteiger partial charge in [-0.05, 0) is 18.2 Å². The number of hydrogen-bond donors (Lipinski definition) is 1. The fourth-order valence-corrected chi connectivity index (χ4v) is 2.68. The SMILES string of the molecule is COC(=O)Nn1cnc2cc(Sc3nccn3C)ccc21. The fraction of sp³-hybridized carbons (Fsp3) is 0.154. The van der Waals surface area contributed by atoms with Crippen molar-refractivity contribution < 1.29 is 9.53 Å². The van der Waals surface area contributed by atoms with E-state index in [4.69, 9.17) is 0 Å². The molecule has 7 nitrogen and oxygen atoms in total. The van der Waals surface area contributed by atoms with Gasteiger partial charge in [-0.25, -0.2) is 24.9 Å². The number of nitrogens with zero attached hydrogens (tertiary/aromatic N) is 4. The Balaban J connectivity index is 1.88. The number of fused-ring (bicyclic) bond motifs is 1. The standard InChI is InChI=1S/C13H13N5O2S/c1-17-6-5-14-12(17)21-9-3-4-11-10(7-9)15-8-18(11)16-13(19)20-2/h3-8H,1-2H3,(H,16,19). The van der Waals surface area contributed by atoms with Crippen molar-refractivity contribution in [2.45, 2.75) is 10.1 Å². The molecule has 3 rings (SSSR count). The van der Waals surface area contributed by atoms with Crippen molar-refractivity contribution in [1.29, 1.82) is 0 Å². The number of methoxy groups -OCH3 is 1. The molecule has 0 aliphatic carbocycles. The Bertz CT molecular complexity index is 795. The van der Waals surface area contributed by atoms with Gasteiger partial charge in [0.2, 0.25) is 0 Å². The number of imidazole rings is 2. The van der Waals surface area contributed by atoms with E-state index < -0.39 is 6.09 Å². The summed E-state index contributed by atoms with van der Waals surface area (Å²) in [6.07, 6.45) is 4.66. The lowest BCUT2D eigenvalue weighted by molar-refractivity contribution is 0.183. The van der Waals surface area contributed by atoms with E-state index in [0.29, 0.717) is 0 Å². The number of rotatable bonds is 3. The van der Waals surface area contributed by atoms with Gasteiger partial charge in [0.25, 0.3) is 0 Å². The lowest BCUT2D eigenvalue weighted by Crippen LogP contribution is -2.21. The van der Waals surface area contributed by atoms with Crippen LogP contribution in [0, 0.1) is 0 Å². The van der Waals surface area contributed by atoms with Crippen molar-refractivity contribution in [2.75, 3.05) is 12.5 Å². The van der Waals surface area contributed by atoms with E-state index in [1.807, 2.05) is 36.0 Å². The van der Waals surface area contributed by atoms with Crippen LogP contribution in [0.4, 0.5) is 4.79 Å². The summed E-state index contributed by atoms with van der Waals surface area (Å²) >= 11 is 1.55. The van der Waals surface area contributed by atoms with Gasteiger partial charge >= 0.3 is 6.09 Å². The first-order valence-electron chi connectivity index (χ1n) is 6.14. The first-order valence-corrected chi connectivity index (χ1v) is 6.96. The molecule has 1 aromatic carbocycles. The molecular formula is C13H13N5O2S. The average molecular weight is 303 g/mol. The van der Waals surface area contributed by atoms with Crippen LogP contribution in [0.5, 0.6) is 0 Å². The summed E-state index contributed by atoms with van der Waals surface area (Å²) in [5.41, 5.74) is 4.14. The van der Waals surface area contributed by atoms with Crippen LogP contribution in [0.2, 0.25) is 0 Å². The number of benzene rings is 1. The van der Waals surface area contributed by atoms with Crippen molar-refractivity contribution in [3.05, 3.63) is 36.9 Å². The third kappa shape index (κ3) is 2.70. The quantitative estimate of drug-likeness (QED) is 0.803. The van der Waals surface area contributed by atoms with Gasteiger partial charge in [0.05, 0.1) is 18.1 Å². The largest absolute Gasteiger partial charge is 0.452 e. The summed E-state index contributed by atoms with van der Waals surface area (Å²) in [5.74, 6) is 0. The predicted octanol–water partition coefficient (Wildman–Crippen LogP) is 2.23. The van der Waals surface area contributed by atoms with Crippen LogP contribution < -0.4 is 5.43 Å². The molecule has 1 N–H and O–H groups in total. The molecule has 1 amide bonds. The zero-order valence-electron chi connectivity index (χ0n) is 11.5. The van der Waals surface area contributed by atoms with Gasteiger partial charge in [-0.1, -0.05) is 11.8 Å². The Morgan fingerprint density at radius 2 is 2.24 bits per heavy atom. The molecule has 0 spiro atoms. The van der Waals surface area contributed by atoms with Crippen LogP contribution in [-0.2, 0) is 11.8 Å². The van der Waals surface area contributed by atoms with Gasteiger partial charge in [0.1, 0.15) is 6.33 Å². The molecule has 2 heterocycles. The molecule has 0 radical (unpaired) electrons. The Morgan fingerprint density at radius 1 is 1.38 bits per heavy atom. The van der Waals surface area contributed by atoms with Crippen LogP contribution in [0.15, 0.2) is 47.0 Å². The highest BCUT2D eigenvalue weighted by atomic mass is 32.2. The highest BCUT2D eigenvalue weighted by molar-refractivity contribution is 7.99. The van der Waals surface area contributed by atoms with Gasteiger partial charge in [-0.3, -0.25) is 0 Å². The predicted molar refractivity (Wildman–Crippen MR) is 78.8 cm³/mol. The first kappa shape index (κ1) is 13.5. The van der Waals surface area contributed by atoms with Gasteiger partial charge < -0.3 is 9.30 Å². The number of hydrogen-bond acceptors (Lipinski definition) is 5. The molecule has 0 atom stereocenters. The topological polar surface area (TPSA) is 74.0 Å². The highest BCUT2D eigenvalue weighted by Gasteiger charge is 2.08. The van der Waals surface area contributed by atoms with E-state index in [0.717, 1.165) is 21.1 Å². The summed E-state index contributed by atoms with van der Waals surface area (Å²) in [5, 5.41) is 0.904. The van der Waals surface area contributed by atoms with Gasteiger partial charge in [0, 0.05) is 24.3 Å². The molecule has 0 aliphatic heterocycles. The molecule has 3 aromatic rings. The normalized spacial score (nSPS) is 10.8. The Hall–Kier alpha value is -2.48. The summed E-state index contributed by atoms with van der Waals surface area (Å²) < 4.78 is 8.04. The lowest BCUT2D eigenvalue weighted by Gasteiger charge is -2.05. The van der Waals surface area contributed by atoms with Crippen molar-refractivity contribution in [1.82, 2.24) is 19.2 Å². The van der Waals surface area contributed by atoms with Crippen LogP contribution in [0.3, 0.4) is 0 Å². The monoisotopic (exact) mass is 303 g/mol. The second-order valence-electron chi connectivity index (χ2n) is 4.29. The van der Waals surface area contributed by atoms with Crippen molar-refractivity contribution >= 4 is 28.9 Å². The molecule has 0 aliphatic rings. The van der Waals surface area contributed by atoms with E-state index in [1.54, 1.807) is 18.0 Å². The molecule has 8 heteroatoms. The second kappa shape index (κ2) is 5.49. The summed E-state index contributed by atoms with van der Waals surface area (Å²) in [7, 11) is 3.26. The maximum atomic E-state index is 11.2. The van der Waals surface area contributed by atoms with Crippen LogP contribution in [0.1, 0.15) is 0 Å². The fourth-order valence-electron chi connectivity index (χ4n) is 1.84. The molecule has 0 bridgehead atoms. The molecular weight excluding hydrogens is 290 g/mol. The minimum atomic E-state index is -0.541. The van der Waals surface area contributed by atoms with Crippen LogP contribution in [0.25, 0.3) is 11.0 Å². The molecule has 21 heavy (non-hydrogen) atoms. The number of carbonyl (C=O) groups excluding carboxylic acids is 1. The maximum Gasteiger partial charge on any atom is 0.426 e. The van der Waals surface area contributed by atoms with Crippen LogP contribution >= 0.6 is 11.8 Å². The smallest absolute Gasteiger partial charge is 0.426 e.